The summed E-state index contributed by atoms with van der Waals surface area (Å²) in [6.07, 6.45) is 5.02. The Balaban J connectivity index is 1.61. The maximum absolute atomic E-state index is 5.87. The Kier molecular flexibility index (Phi) is 5.17. The average molecular weight is 248 g/mol. The Labute approximate surface area is 110 Å². The van der Waals surface area contributed by atoms with Gasteiger partial charge >= 0.3 is 0 Å². The van der Waals surface area contributed by atoms with E-state index < -0.39 is 0 Å². The van der Waals surface area contributed by atoms with E-state index in [1.807, 2.05) is 18.2 Å². The first kappa shape index (κ1) is 13.5. The van der Waals surface area contributed by atoms with Gasteiger partial charge in [0.05, 0.1) is 13.2 Å². The Morgan fingerprint density at radius 3 is 2.56 bits per heavy atom. The fourth-order valence-electron chi connectivity index (χ4n) is 2.66. The van der Waals surface area contributed by atoms with E-state index >= 15 is 0 Å². The second kappa shape index (κ2) is 6.88. The van der Waals surface area contributed by atoms with Crippen molar-refractivity contribution < 1.29 is 4.74 Å². The molecule has 0 aromatic heterocycles. The number of hydrogen-bond donors (Lipinski definition) is 2. The van der Waals surface area contributed by atoms with Gasteiger partial charge in [0.25, 0.3) is 0 Å². The van der Waals surface area contributed by atoms with Crippen molar-refractivity contribution in [3.05, 3.63) is 35.9 Å². The maximum atomic E-state index is 5.87. The molecule has 1 saturated carbocycles. The maximum Gasteiger partial charge on any atom is 0.0717 e. The number of nitrogens with two attached hydrogens (primary N) is 1. The summed E-state index contributed by atoms with van der Waals surface area (Å²) in [5, 5.41) is 3.58. The van der Waals surface area contributed by atoms with Crippen LogP contribution in [0.3, 0.4) is 0 Å². The second-order valence-corrected chi connectivity index (χ2v) is 5.16. The summed E-state index contributed by atoms with van der Waals surface area (Å²) in [6, 6.07) is 10.3. The highest BCUT2D eigenvalue weighted by molar-refractivity contribution is 5.13. The van der Waals surface area contributed by atoms with Crippen LogP contribution in [0.2, 0.25) is 0 Å². The Morgan fingerprint density at radius 1 is 1.17 bits per heavy atom. The van der Waals surface area contributed by atoms with Crippen LogP contribution in [0.15, 0.2) is 30.3 Å². The van der Waals surface area contributed by atoms with Crippen LogP contribution in [-0.4, -0.2) is 25.2 Å². The van der Waals surface area contributed by atoms with Crippen molar-refractivity contribution in [2.75, 3.05) is 19.7 Å². The van der Waals surface area contributed by atoms with Crippen molar-refractivity contribution in [2.24, 2.45) is 5.73 Å². The summed E-state index contributed by atoms with van der Waals surface area (Å²) >= 11 is 0. The highest BCUT2D eigenvalue weighted by Crippen LogP contribution is 2.28. The molecule has 0 atom stereocenters. The minimum Gasteiger partial charge on any atom is -0.375 e. The van der Waals surface area contributed by atoms with Gasteiger partial charge in [0, 0.05) is 18.6 Å². The molecular formula is C15H24N2O. The van der Waals surface area contributed by atoms with Gasteiger partial charge in [-0.05, 0) is 18.4 Å². The lowest BCUT2D eigenvalue weighted by atomic mass is 9.98. The molecule has 1 aliphatic rings. The predicted molar refractivity (Wildman–Crippen MR) is 74.4 cm³/mol. The zero-order valence-corrected chi connectivity index (χ0v) is 11.0. The first-order valence-electron chi connectivity index (χ1n) is 6.91. The van der Waals surface area contributed by atoms with E-state index in [0.717, 1.165) is 19.7 Å². The molecule has 1 aromatic rings. The van der Waals surface area contributed by atoms with Gasteiger partial charge in [-0.1, -0.05) is 43.2 Å². The van der Waals surface area contributed by atoms with Crippen molar-refractivity contribution in [1.82, 2.24) is 5.32 Å². The lowest BCUT2D eigenvalue weighted by molar-refractivity contribution is 0.115. The molecule has 0 amide bonds. The van der Waals surface area contributed by atoms with Gasteiger partial charge in [-0.2, -0.15) is 0 Å². The number of nitrogens with one attached hydrogen (secondary N) is 1. The molecule has 0 spiro atoms. The molecule has 1 aliphatic carbocycles. The number of hydrogen-bond acceptors (Lipinski definition) is 3. The number of benzene rings is 1. The molecule has 1 fully saturated rings. The minimum atomic E-state index is 0.191. The van der Waals surface area contributed by atoms with Gasteiger partial charge in [-0.3, -0.25) is 0 Å². The largest absolute Gasteiger partial charge is 0.375 e. The number of ether oxygens (including phenoxy) is 1. The fraction of sp³-hybridized carbons (Fsp3) is 0.600. The van der Waals surface area contributed by atoms with E-state index in [0.29, 0.717) is 6.61 Å². The molecule has 1 aromatic carbocycles. The Morgan fingerprint density at radius 2 is 1.89 bits per heavy atom. The van der Waals surface area contributed by atoms with E-state index in [9.17, 15) is 0 Å². The summed E-state index contributed by atoms with van der Waals surface area (Å²) in [6.45, 7) is 3.07. The van der Waals surface area contributed by atoms with E-state index in [4.69, 9.17) is 10.5 Å². The summed E-state index contributed by atoms with van der Waals surface area (Å²) in [5.41, 5.74) is 7.29. The van der Waals surface area contributed by atoms with Crippen LogP contribution in [0.4, 0.5) is 0 Å². The molecule has 0 heterocycles. The molecule has 3 N–H and O–H groups in total. The third kappa shape index (κ3) is 3.80. The standard InChI is InChI=1S/C15H24N2O/c16-13-15(8-4-5-9-15)17-10-11-18-12-14-6-2-1-3-7-14/h1-3,6-7,17H,4-5,8-13,16H2. The normalized spacial score (nSPS) is 18.1. The van der Waals surface area contributed by atoms with Gasteiger partial charge < -0.3 is 15.8 Å². The van der Waals surface area contributed by atoms with Gasteiger partial charge in [-0.25, -0.2) is 0 Å². The third-order valence-electron chi connectivity index (χ3n) is 3.81. The van der Waals surface area contributed by atoms with Crippen LogP contribution in [0.25, 0.3) is 0 Å². The molecule has 0 aliphatic heterocycles. The SMILES string of the molecule is NCC1(NCCOCc2ccccc2)CCCC1. The summed E-state index contributed by atoms with van der Waals surface area (Å²) < 4.78 is 5.67. The topological polar surface area (TPSA) is 47.3 Å². The van der Waals surface area contributed by atoms with Crippen LogP contribution in [0.1, 0.15) is 31.2 Å². The van der Waals surface area contributed by atoms with Gasteiger partial charge in [0.1, 0.15) is 0 Å². The molecule has 0 bridgehead atoms. The summed E-state index contributed by atoms with van der Waals surface area (Å²) in [4.78, 5) is 0. The van der Waals surface area contributed by atoms with E-state index in [2.05, 4.69) is 17.4 Å². The monoisotopic (exact) mass is 248 g/mol. The smallest absolute Gasteiger partial charge is 0.0717 e. The summed E-state index contributed by atoms with van der Waals surface area (Å²) in [5.74, 6) is 0. The first-order valence-corrected chi connectivity index (χ1v) is 6.91. The van der Waals surface area contributed by atoms with E-state index in [1.165, 1.54) is 31.2 Å². The minimum absolute atomic E-state index is 0.191. The van der Waals surface area contributed by atoms with Crippen molar-refractivity contribution in [3.63, 3.8) is 0 Å². The molecule has 0 radical (unpaired) electrons. The fourth-order valence-corrected chi connectivity index (χ4v) is 2.66. The van der Waals surface area contributed by atoms with Gasteiger partial charge in [0.2, 0.25) is 0 Å². The Bertz CT molecular complexity index is 334. The summed E-state index contributed by atoms with van der Waals surface area (Å²) in [7, 11) is 0. The van der Waals surface area contributed by atoms with E-state index in [-0.39, 0.29) is 5.54 Å². The molecule has 0 saturated heterocycles. The van der Waals surface area contributed by atoms with Gasteiger partial charge in [0.15, 0.2) is 0 Å². The van der Waals surface area contributed by atoms with Crippen molar-refractivity contribution in [1.29, 1.82) is 0 Å². The van der Waals surface area contributed by atoms with Crippen LogP contribution in [0, 0.1) is 0 Å². The predicted octanol–water partition coefficient (Wildman–Crippen LogP) is 2.06. The highest BCUT2D eigenvalue weighted by atomic mass is 16.5. The zero-order chi connectivity index (χ0) is 12.7. The van der Waals surface area contributed by atoms with Crippen molar-refractivity contribution >= 4 is 0 Å². The third-order valence-corrected chi connectivity index (χ3v) is 3.81. The van der Waals surface area contributed by atoms with E-state index in [1.54, 1.807) is 0 Å². The molecule has 2 rings (SSSR count). The number of rotatable bonds is 7. The molecular weight excluding hydrogens is 224 g/mol. The van der Waals surface area contributed by atoms with Crippen LogP contribution >= 0.6 is 0 Å². The molecule has 100 valence electrons. The van der Waals surface area contributed by atoms with Gasteiger partial charge in [-0.15, -0.1) is 0 Å². The second-order valence-electron chi connectivity index (χ2n) is 5.16. The molecule has 18 heavy (non-hydrogen) atoms. The molecule has 3 nitrogen and oxygen atoms in total. The van der Waals surface area contributed by atoms with Crippen LogP contribution in [-0.2, 0) is 11.3 Å². The van der Waals surface area contributed by atoms with Crippen LogP contribution in [0.5, 0.6) is 0 Å². The molecule has 0 unspecified atom stereocenters. The quantitative estimate of drug-likeness (QED) is 0.726. The zero-order valence-electron chi connectivity index (χ0n) is 11.0. The van der Waals surface area contributed by atoms with Crippen molar-refractivity contribution in [3.8, 4) is 0 Å². The Hall–Kier alpha value is -0.900. The van der Waals surface area contributed by atoms with Crippen molar-refractivity contribution in [2.45, 2.75) is 37.8 Å². The molecule has 3 heteroatoms. The lowest BCUT2D eigenvalue weighted by Gasteiger charge is -2.28. The first-order chi connectivity index (χ1) is 8.85. The average Bonchev–Trinajstić information content (AvgIpc) is 2.89. The highest BCUT2D eigenvalue weighted by Gasteiger charge is 2.31. The lowest BCUT2D eigenvalue weighted by Crippen LogP contribution is -2.50. The van der Waals surface area contributed by atoms with Crippen LogP contribution < -0.4 is 11.1 Å².